The number of carboxylic acids is 2. The van der Waals surface area contributed by atoms with Gasteiger partial charge in [-0.2, -0.15) is 0 Å². The molecule has 3 rings (SSSR count). The van der Waals surface area contributed by atoms with E-state index < -0.39 is 36.0 Å². The van der Waals surface area contributed by atoms with E-state index in [1.54, 1.807) is 0 Å². The molecule has 0 spiro atoms. The highest BCUT2D eigenvalue weighted by Gasteiger charge is 2.47. The molecule has 220 valence electrons. The monoisotopic (exact) mass is 536 g/mol. The molecule has 3 aliphatic carbocycles. The molecule has 3 saturated carbocycles. The van der Waals surface area contributed by atoms with Crippen molar-refractivity contribution in [2.45, 2.75) is 142 Å². The van der Waals surface area contributed by atoms with Crippen LogP contribution in [-0.2, 0) is 9.59 Å². The first-order valence-electron chi connectivity index (χ1n) is 16.1. The van der Waals surface area contributed by atoms with E-state index in [2.05, 4.69) is 13.8 Å². The van der Waals surface area contributed by atoms with Gasteiger partial charge >= 0.3 is 11.9 Å². The Labute approximate surface area is 231 Å². The van der Waals surface area contributed by atoms with E-state index in [4.69, 9.17) is 0 Å². The predicted molar refractivity (Wildman–Crippen MR) is 150 cm³/mol. The summed E-state index contributed by atoms with van der Waals surface area (Å²) in [6, 6.07) is 0. The second kappa shape index (κ2) is 15.6. The van der Waals surface area contributed by atoms with Crippen LogP contribution in [0.15, 0.2) is 0 Å². The van der Waals surface area contributed by atoms with Crippen molar-refractivity contribution in [3.63, 3.8) is 0 Å². The zero-order valence-electron chi connectivity index (χ0n) is 24.1. The van der Waals surface area contributed by atoms with Gasteiger partial charge < -0.3 is 20.4 Å². The van der Waals surface area contributed by atoms with Crippen LogP contribution in [0.1, 0.15) is 129 Å². The smallest absolute Gasteiger partial charge is 0.309 e. The minimum absolute atomic E-state index is 0.393. The molecule has 3 fully saturated rings. The molecule has 0 radical (unpaired) electrons. The summed E-state index contributed by atoms with van der Waals surface area (Å²) < 4.78 is 0. The van der Waals surface area contributed by atoms with Crippen molar-refractivity contribution in [2.75, 3.05) is 0 Å². The number of aliphatic hydroxyl groups excluding tert-OH is 2. The average Bonchev–Trinajstić information content (AvgIpc) is 2.88. The minimum Gasteiger partial charge on any atom is -0.481 e. The first-order valence-corrected chi connectivity index (χ1v) is 16.1. The summed E-state index contributed by atoms with van der Waals surface area (Å²) in [6.07, 6.45) is 17.3. The molecule has 0 aromatic heterocycles. The highest BCUT2D eigenvalue weighted by Crippen LogP contribution is 2.53. The van der Waals surface area contributed by atoms with Gasteiger partial charge in [-0.05, 0) is 86.9 Å². The maximum absolute atomic E-state index is 11.6. The van der Waals surface area contributed by atoms with Crippen molar-refractivity contribution in [3.8, 4) is 0 Å². The lowest BCUT2D eigenvalue weighted by Gasteiger charge is -2.50. The van der Waals surface area contributed by atoms with E-state index in [0.29, 0.717) is 61.2 Å². The Morgan fingerprint density at radius 1 is 0.579 bits per heavy atom. The van der Waals surface area contributed by atoms with Gasteiger partial charge in [0.15, 0.2) is 0 Å². The third kappa shape index (κ3) is 8.43. The fourth-order valence-electron chi connectivity index (χ4n) is 8.63. The van der Waals surface area contributed by atoms with Gasteiger partial charge in [0.1, 0.15) is 0 Å². The molecule has 6 heteroatoms. The van der Waals surface area contributed by atoms with E-state index in [-0.39, 0.29) is 0 Å². The van der Waals surface area contributed by atoms with Crippen LogP contribution in [-0.4, -0.2) is 44.6 Å². The van der Waals surface area contributed by atoms with Crippen molar-refractivity contribution >= 4 is 11.9 Å². The van der Waals surface area contributed by atoms with Crippen molar-refractivity contribution in [1.82, 2.24) is 0 Å². The Morgan fingerprint density at radius 3 is 1.29 bits per heavy atom. The number of hydrogen-bond acceptors (Lipinski definition) is 4. The third-order valence-electron chi connectivity index (χ3n) is 10.8. The number of carbonyl (C=O) groups is 2. The first-order chi connectivity index (χ1) is 18.3. The quantitative estimate of drug-likeness (QED) is 0.179. The lowest BCUT2D eigenvalue weighted by molar-refractivity contribution is -0.151. The van der Waals surface area contributed by atoms with Crippen molar-refractivity contribution in [1.29, 1.82) is 0 Å². The molecule has 0 aliphatic heterocycles. The maximum atomic E-state index is 11.6. The summed E-state index contributed by atoms with van der Waals surface area (Å²) in [7, 11) is 0. The second-order valence-electron chi connectivity index (χ2n) is 13.2. The molecule has 0 aromatic rings. The summed E-state index contributed by atoms with van der Waals surface area (Å²) in [5, 5.41) is 40.6. The number of unbranched alkanes of at least 4 members (excludes halogenated alkanes) is 6. The normalized spacial score (nSPS) is 38.1. The van der Waals surface area contributed by atoms with E-state index >= 15 is 0 Å². The zero-order valence-corrected chi connectivity index (χ0v) is 24.1. The van der Waals surface area contributed by atoms with Gasteiger partial charge in [0.2, 0.25) is 0 Å². The maximum Gasteiger partial charge on any atom is 0.309 e. The SMILES string of the molecule is CCCCCCC1CC(C2CCC(C(=O)O)C(O)C2)C(CCCCCC)CC1C1CCC(C(=O)O)C(O)C1. The highest BCUT2D eigenvalue weighted by atomic mass is 16.4. The molecule has 6 nitrogen and oxygen atoms in total. The standard InChI is InChI=1S/C32H56O6/c1-3-5-7-9-11-21-17-28(24-14-16-26(32(37)38)30(34)20-24)22(12-10-8-6-4-2)18-27(21)23-13-15-25(31(35)36)29(33)19-23/h21-30,33-34H,3-20H2,1-2H3,(H,35,36)(H,37,38). The highest BCUT2D eigenvalue weighted by molar-refractivity contribution is 5.71. The average molecular weight is 537 g/mol. The predicted octanol–water partition coefficient (Wildman–Crippen LogP) is 6.91. The number of carboxylic acid groups (broad SMARTS) is 2. The van der Waals surface area contributed by atoms with E-state index in [1.165, 1.54) is 64.2 Å². The van der Waals surface area contributed by atoms with Crippen LogP contribution in [0.25, 0.3) is 0 Å². The van der Waals surface area contributed by atoms with Crippen molar-refractivity contribution in [3.05, 3.63) is 0 Å². The molecule has 10 unspecified atom stereocenters. The number of aliphatic hydroxyl groups is 2. The van der Waals surface area contributed by atoms with Crippen LogP contribution >= 0.6 is 0 Å². The molecule has 0 aromatic carbocycles. The van der Waals surface area contributed by atoms with Gasteiger partial charge in [-0.25, -0.2) is 0 Å². The largest absolute Gasteiger partial charge is 0.481 e. The van der Waals surface area contributed by atoms with Crippen molar-refractivity contribution in [2.24, 2.45) is 47.3 Å². The molecule has 38 heavy (non-hydrogen) atoms. The van der Waals surface area contributed by atoms with E-state index in [1.807, 2.05) is 0 Å². The molecule has 4 N–H and O–H groups in total. The summed E-state index contributed by atoms with van der Waals surface area (Å²) in [5.74, 6) is 0.0482. The summed E-state index contributed by atoms with van der Waals surface area (Å²) >= 11 is 0. The van der Waals surface area contributed by atoms with E-state index in [0.717, 1.165) is 25.7 Å². The molecule has 3 aliphatic rings. The van der Waals surface area contributed by atoms with Gasteiger partial charge in [-0.15, -0.1) is 0 Å². The fourth-order valence-corrected chi connectivity index (χ4v) is 8.63. The lowest BCUT2D eigenvalue weighted by atomic mass is 9.55. The molecular formula is C32H56O6. The van der Waals surface area contributed by atoms with Gasteiger partial charge in [-0.3, -0.25) is 9.59 Å². The Hall–Kier alpha value is -1.14. The molecule has 0 saturated heterocycles. The Kier molecular flexibility index (Phi) is 12.9. The third-order valence-corrected chi connectivity index (χ3v) is 10.8. The number of rotatable bonds is 14. The molecule has 0 amide bonds. The summed E-state index contributed by atoms with van der Waals surface area (Å²) in [5.41, 5.74) is 0. The van der Waals surface area contributed by atoms with E-state index in [9.17, 15) is 30.0 Å². The second-order valence-corrected chi connectivity index (χ2v) is 13.2. The van der Waals surface area contributed by atoms with Crippen LogP contribution in [0.2, 0.25) is 0 Å². The number of hydrogen-bond donors (Lipinski definition) is 4. The zero-order chi connectivity index (χ0) is 27.7. The molecule has 10 atom stereocenters. The van der Waals surface area contributed by atoms with Gasteiger partial charge in [-0.1, -0.05) is 78.1 Å². The van der Waals surface area contributed by atoms with Crippen LogP contribution < -0.4 is 0 Å². The van der Waals surface area contributed by atoms with Crippen molar-refractivity contribution < 1.29 is 30.0 Å². The van der Waals surface area contributed by atoms with Crippen LogP contribution in [0.5, 0.6) is 0 Å². The topological polar surface area (TPSA) is 115 Å². The fraction of sp³-hybridized carbons (Fsp3) is 0.938. The Bertz CT molecular complexity index is 665. The Morgan fingerprint density at radius 2 is 0.974 bits per heavy atom. The first kappa shape index (κ1) is 31.4. The van der Waals surface area contributed by atoms with Gasteiger partial charge in [0.25, 0.3) is 0 Å². The summed E-state index contributed by atoms with van der Waals surface area (Å²) in [4.78, 5) is 23.3. The molecular weight excluding hydrogens is 480 g/mol. The van der Waals surface area contributed by atoms with Crippen LogP contribution in [0, 0.1) is 47.3 Å². The number of aliphatic carboxylic acids is 2. The van der Waals surface area contributed by atoms with Gasteiger partial charge in [0, 0.05) is 0 Å². The van der Waals surface area contributed by atoms with Crippen LogP contribution in [0.3, 0.4) is 0 Å². The van der Waals surface area contributed by atoms with Gasteiger partial charge in [0.05, 0.1) is 24.0 Å². The molecule has 0 bridgehead atoms. The Balaban J connectivity index is 1.77. The lowest BCUT2D eigenvalue weighted by Crippen LogP contribution is -2.45. The van der Waals surface area contributed by atoms with Crippen LogP contribution in [0.4, 0.5) is 0 Å². The summed E-state index contributed by atoms with van der Waals surface area (Å²) in [6.45, 7) is 4.48. The molecule has 0 heterocycles. The minimum atomic E-state index is -0.861.